The minimum absolute atomic E-state index is 0.0489. The molecule has 4 nitrogen and oxygen atoms in total. The van der Waals surface area contributed by atoms with Crippen molar-refractivity contribution < 1.29 is 27.5 Å². The molecule has 0 aliphatic carbocycles. The van der Waals surface area contributed by atoms with Crippen molar-refractivity contribution in [1.82, 2.24) is 0 Å². The maximum absolute atomic E-state index is 12.9. The molecule has 7 heteroatoms. The van der Waals surface area contributed by atoms with E-state index in [2.05, 4.69) is 0 Å². The quantitative estimate of drug-likeness (QED) is 0.589. The highest BCUT2D eigenvalue weighted by Gasteiger charge is 2.66. The molecule has 23 heavy (non-hydrogen) atoms. The van der Waals surface area contributed by atoms with Gasteiger partial charge in [0.15, 0.2) is 0 Å². The summed E-state index contributed by atoms with van der Waals surface area (Å²) < 4.78 is 44.2. The second-order valence-corrected chi connectivity index (χ2v) is 6.19. The van der Waals surface area contributed by atoms with Crippen LogP contribution in [0.2, 0.25) is 0 Å². The molecule has 4 rings (SSSR count). The summed E-state index contributed by atoms with van der Waals surface area (Å²) in [5, 5.41) is 0. The van der Waals surface area contributed by atoms with Crippen LogP contribution in [0.4, 0.5) is 18.9 Å². The topological polar surface area (TPSA) is 46.6 Å². The highest BCUT2D eigenvalue weighted by atomic mass is 19.4. The van der Waals surface area contributed by atoms with E-state index in [1.807, 2.05) is 0 Å². The highest BCUT2D eigenvalue weighted by Crippen LogP contribution is 2.52. The first kappa shape index (κ1) is 14.4. The molecule has 0 spiro atoms. The fraction of sp³-hybridized carbons (Fsp3) is 0.375. The smallest absolute Gasteiger partial charge is 0.362 e. The molecule has 120 valence electrons. The first-order chi connectivity index (χ1) is 10.7. The van der Waals surface area contributed by atoms with E-state index in [-0.39, 0.29) is 5.69 Å². The van der Waals surface area contributed by atoms with Gasteiger partial charge >= 0.3 is 6.18 Å². The maximum Gasteiger partial charge on any atom is 0.416 e. The number of benzene rings is 1. The predicted octanol–water partition coefficient (Wildman–Crippen LogP) is 2.54. The van der Waals surface area contributed by atoms with Gasteiger partial charge in [0, 0.05) is 0 Å². The van der Waals surface area contributed by atoms with E-state index < -0.39 is 47.1 Å². The summed E-state index contributed by atoms with van der Waals surface area (Å²) in [7, 11) is 0. The number of imide groups is 1. The lowest BCUT2D eigenvalue weighted by atomic mass is 9.78. The van der Waals surface area contributed by atoms with Gasteiger partial charge in [-0.2, -0.15) is 13.2 Å². The van der Waals surface area contributed by atoms with E-state index in [4.69, 9.17) is 4.74 Å². The zero-order valence-electron chi connectivity index (χ0n) is 12.0. The Morgan fingerprint density at radius 1 is 1.22 bits per heavy atom. The van der Waals surface area contributed by atoms with Crippen LogP contribution in [0.3, 0.4) is 0 Å². The van der Waals surface area contributed by atoms with Gasteiger partial charge in [-0.3, -0.25) is 9.59 Å². The molecule has 1 aromatic rings. The van der Waals surface area contributed by atoms with E-state index in [9.17, 15) is 22.8 Å². The Kier molecular flexibility index (Phi) is 2.65. The number of carbonyl (C=O) groups excluding carboxylic acids is 2. The van der Waals surface area contributed by atoms with Gasteiger partial charge in [0.2, 0.25) is 11.8 Å². The monoisotopic (exact) mass is 323 g/mol. The van der Waals surface area contributed by atoms with Crippen molar-refractivity contribution in [3.8, 4) is 0 Å². The van der Waals surface area contributed by atoms with E-state index in [1.54, 1.807) is 19.1 Å². The van der Waals surface area contributed by atoms with Gasteiger partial charge in [-0.15, -0.1) is 0 Å². The van der Waals surface area contributed by atoms with Gasteiger partial charge in [-0.25, -0.2) is 4.90 Å². The number of hydrogen-bond donors (Lipinski definition) is 0. The molecule has 3 heterocycles. The molecule has 3 aliphatic rings. The molecule has 2 saturated heterocycles. The Hall–Kier alpha value is -2.15. The number of rotatable bonds is 1. The fourth-order valence-corrected chi connectivity index (χ4v) is 3.73. The summed E-state index contributed by atoms with van der Waals surface area (Å²) in [6.07, 6.45) is -1.54. The number of nitrogens with zero attached hydrogens (tertiary/aromatic N) is 1. The Labute approximate surface area is 129 Å². The van der Waals surface area contributed by atoms with Crippen molar-refractivity contribution in [1.29, 1.82) is 0 Å². The average Bonchev–Trinajstić information content (AvgIpc) is 3.07. The van der Waals surface area contributed by atoms with Crippen LogP contribution < -0.4 is 4.90 Å². The summed E-state index contributed by atoms with van der Waals surface area (Å²) >= 11 is 0. The molecular weight excluding hydrogens is 311 g/mol. The Balaban J connectivity index is 1.75. The zero-order chi connectivity index (χ0) is 16.6. The van der Waals surface area contributed by atoms with Crippen molar-refractivity contribution in [3.63, 3.8) is 0 Å². The van der Waals surface area contributed by atoms with E-state index in [0.717, 1.165) is 17.0 Å². The summed E-state index contributed by atoms with van der Waals surface area (Å²) in [6.45, 7) is 1.72. The third kappa shape index (κ3) is 1.83. The highest BCUT2D eigenvalue weighted by molar-refractivity contribution is 6.23. The lowest BCUT2D eigenvalue weighted by molar-refractivity contribution is -0.137. The normalized spacial score (nSPS) is 35.3. The molecule has 0 N–H and O–H groups in total. The Morgan fingerprint density at radius 2 is 1.96 bits per heavy atom. The molecule has 4 atom stereocenters. The lowest BCUT2D eigenvalue weighted by Gasteiger charge is -2.24. The molecule has 2 bridgehead atoms. The molecule has 1 aromatic carbocycles. The number of ether oxygens (including phenoxy) is 1. The van der Waals surface area contributed by atoms with Crippen molar-refractivity contribution >= 4 is 17.5 Å². The largest absolute Gasteiger partial charge is 0.416 e. The number of fused-ring (bicyclic) bond motifs is 5. The summed E-state index contributed by atoms with van der Waals surface area (Å²) in [5.74, 6) is -2.35. The van der Waals surface area contributed by atoms with Gasteiger partial charge in [0.25, 0.3) is 0 Å². The minimum atomic E-state index is -4.53. The van der Waals surface area contributed by atoms with Gasteiger partial charge in [0.1, 0.15) is 0 Å². The van der Waals surface area contributed by atoms with Crippen LogP contribution in [0, 0.1) is 11.8 Å². The van der Waals surface area contributed by atoms with Crippen molar-refractivity contribution in [2.75, 3.05) is 4.90 Å². The SMILES string of the molecule is C[C@]12C=C[C@H](O1)[C@H]1C(=O)N(c3cccc(C(F)(F)F)c3)C(=O)[C@@H]12. The third-order valence-corrected chi connectivity index (χ3v) is 4.76. The van der Waals surface area contributed by atoms with Crippen molar-refractivity contribution in [3.05, 3.63) is 42.0 Å². The van der Waals surface area contributed by atoms with Gasteiger partial charge in [0.05, 0.1) is 34.8 Å². The van der Waals surface area contributed by atoms with E-state index in [0.29, 0.717) is 0 Å². The number of alkyl halides is 3. The second-order valence-electron chi connectivity index (χ2n) is 6.19. The van der Waals surface area contributed by atoms with E-state index >= 15 is 0 Å². The number of carbonyl (C=O) groups is 2. The molecule has 0 unspecified atom stereocenters. The van der Waals surface area contributed by atoms with Gasteiger partial charge < -0.3 is 4.74 Å². The number of hydrogen-bond acceptors (Lipinski definition) is 3. The number of halogens is 3. The summed E-state index contributed by atoms with van der Waals surface area (Å²) in [5.41, 5.74) is -1.80. The standard InChI is InChI=1S/C16H12F3NO3/c1-15-6-5-10(23-15)11-12(15)14(22)20(13(11)21)9-4-2-3-8(7-9)16(17,18)19/h2-7,10-12H,1H3/t10-,11+,12+,15+/m0/s1. The molecule has 0 radical (unpaired) electrons. The van der Waals surface area contributed by atoms with Crippen LogP contribution in [0.5, 0.6) is 0 Å². The first-order valence-corrected chi connectivity index (χ1v) is 7.15. The van der Waals surface area contributed by atoms with Crippen LogP contribution in [0.25, 0.3) is 0 Å². The Morgan fingerprint density at radius 3 is 2.61 bits per heavy atom. The maximum atomic E-state index is 12.9. The average molecular weight is 323 g/mol. The third-order valence-electron chi connectivity index (χ3n) is 4.76. The molecule has 2 amide bonds. The molecule has 2 fully saturated rings. The van der Waals surface area contributed by atoms with Crippen molar-refractivity contribution in [2.24, 2.45) is 11.8 Å². The molecule has 0 aromatic heterocycles. The number of anilines is 1. The second kappa shape index (κ2) is 4.23. The lowest BCUT2D eigenvalue weighted by Crippen LogP contribution is -2.38. The number of amides is 2. The molecule has 0 saturated carbocycles. The van der Waals surface area contributed by atoms with Crippen LogP contribution in [0.1, 0.15) is 12.5 Å². The van der Waals surface area contributed by atoms with Crippen LogP contribution in [0.15, 0.2) is 36.4 Å². The fourth-order valence-electron chi connectivity index (χ4n) is 3.73. The van der Waals surface area contributed by atoms with Gasteiger partial charge in [-0.05, 0) is 25.1 Å². The summed E-state index contributed by atoms with van der Waals surface area (Å²) in [4.78, 5) is 26.1. The first-order valence-electron chi connectivity index (χ1n) is 7.15. The zero-order valence-corrected chi connectivity index (χ0v) is 12.0. The van der Waals surface area contributed by atoms with E-state index in [1.165, 1.54) is 12.1 Å². The van der Waals surface area contributed by atoms with Crippen molar-refractivity contribution in [2.45, 2.75) is 24.8 Å². The minimum Gasteiger partial charge on any atom is -0.362 e. The molecular formula is C16H12F3NO3. The van der Waals surface area contributed by atoms with Crippen LogP contribution in [-0.2, 0) is 20.5 Å². The van der Waals surface area contributed by atoms with Gasteiger partial charge in [-0.1, -0.05) is 18.2 Å². The molecule has 3 aliphatic heterocycles. The Bertz CT molecular complexity index is 757. The predicted molar refractivity (Wildman–Crippen MR) is 73.3 cm³/mol. The summed E-state index contributed by atoms with van der Waals surface area (Å²) in [6, 6.07) is 4.27. The van der Waals surface area contributed by atoms with Crippen LogP contribution in [-0.4, -0.2) is 23.5 Å². The van der Waals surface area contributed by atoms with Crippen LogP contribution >= 0.6 is 0 Å².